The van der Waals surface area contributed by atoms with Gasteiger partial charge in [0.1, 0.15) is 5.82 Å². The number of carbonyl (C=O) groups is 1. The van der Waals surface area contributed by atoms with Gasteiger partial charge in [0.05, 0.1) is 5.56 Å². The number of rotatable bonds is 4. The molecule has 1 saturated carbocycles. The van der Waals surface area contributed by atoms with Gasteiger partial charge in [0, 0.05) is 18.8 Å². The number of halogens is 1. The Kier molecular flexibility index (Phi) is 4.41. The zero-order valence-corrected chi connectivity index (χ0v) is 14.7. The Labute approximate surface area is 151 Å². The lowest BCUT2D eigenvalue weighted by atomic mass is 10.0. The van der Waals surface area contributed by atoms with Gasteiger partial charge in [-0.3, -0.25) is 4.79 Å². The summed E-state index contributed by atoms with van der Waals surface area (Å²) in [5.41, 5.74) is 2.84. The minimum Gasteiger partial charge on any atom is -0.309 e. The lowest BCUT2D eigenvalue weighted by Gasteiger charge is -2.09. The Hall–Kier alpha value is -2.76. The summed E-state index contributed by atoms with van der Waals surface area (Å²) in [6.45, 7) is 1.92. The van der Waals surface area contributed by atoms with Crippen molar-refractivity contribution in [2.45, 2.75) is 39.0 Å². The fraction of sp³-hybridized carbons (Fsp3) is 0.350. The van der Waals surface area contributed by atoms with Gasteiger partial charge in [0.2, 0.25) is 5.91 Å². The normalized spacial score (nSPS) is 14.8. The number of anilines is 1. The second kappa shape index (κ2) is 6.86. The molecule has 0 spiro atoms. The van der Waals surface area contributed by atoms with E-state index in [0.29, 0.717) is 34.9 Å². The van der Waals surface area contributed by atoms with Crippen LogP contribution in [-0.4, -0.2) is 20.5 Å². The Morgan fingerprint density at radius 2 is 2.15 bits per heavy atom. The Balaban J connectivity index is 1.72. The summed E-state index contributed by atoms with van der Waals surface area (Å²) < 4.78 is 15.4. The summed E-state index contributed by atoms with van der Waals surface area (Å²) in [5.74, 6) is 0.494. The van der Waals surface area contributed by atoms with Crippen LogP contribution in [0.15, 0.2) is 36.7 Å². The number of carbonyl (C=O) groups excluding carboxylic acids is 1. The maximum absolute atomic E-state index is 13.8. The van der Waals surface area contributed by atoms with Gasteiger partial charge in [-0.2, -0.15) is 0 Å². The van der Waals surface area contributed by atoms with Crippen LogP contribution in [0.5, 0.6) is 0 Å². The van der Waals surface area contributed by atoms with E-state index in [0.717, 1.165) is 18.4 Å². The molecule has 4 rings (SSSR count). The molecule has 0 atom stereocenters. The highest BCUT2D eigenvalue weighted by Gasteiger charge is 2.22. The van der Waals surface area contributed by atoms with E-state index in [1.807, 2.05) is 13.1 Å². The zero-order valence-electron chi connectivity index (χ0n) is 14.7. The number of fused-ring (bicyclic) bond motifs is 1. The van der Waals surface area contributed by atoms with E-state index >= 15 is 0 Å². The van der Waals surface area contributed by atoms with Gasteiger partial charge in [-0.05, 0) is 48.9 Å². The maximum Gasteiger partial charge on any atom is 0.225 e. The first kappa shape index (κ1) is 16.7. The molecule has 1 aromatic carbocycles. The van der Waals surface area contributed by atoms with Crippen LogP contribution in [-0.2, 0) is 4.79 Å². The second-order valence-electron chi connectivity index (χ2n) is 7.04. The smallest absolute Gasteiger partial charge is 0.225 e. The van der Waals surface area contributed by atoms with Crippen molar-refractivity contribution in [2.75, 3.05) is 5.32 Å². The molecule has 0 unspecified atom stereocenters. The largest absolute Gasteiger partial charge is 0.309 e. The number of amides is 1. The van der Waals surface area contributed by atoms with Crippen molar-refractivity contribution in [3.8, 4) is 11.1 Å². The molecule has 26 heavy (non-hydrogen) atoms. The van der Waals surface area contributed by atoms with E-state index in [2.05, 4.69) is 15.4 Å². The highest BCUT2D eigenvalue weighted by Crippen LogP contribution is 2.33. The van der Waals surface area contributed by atoms with Crippen LogP contribution in [0.1, 0.15) is 37.7 Å². The highest BCUT2D eigenvalue weighted by atomic mass is 19.1. The quantitative estimate of drug-likeness (QED) is 0.759. The van der Waals surface area contributed by atoms with E-state index in [9.17, 15) is 9.18 Å². The van der Waals surface area contributed by atoms with Gasteiger partial charge >= 0.3 is 0 Å². The number of aryl methyl sites for hydroxylation is 1. The molecular weight excluding hydrogens is 331 g/mol. The van der Waals surface area contributed by atoms with Crippen molar-refractivity contribution in [3.05, 3.63) is 48.0 Å². The first-order valence-electron chi connectivity index (χ1n) is 9.01. The van der Waals surface area contributed by atoms with Crippen molar-refractivity contribution in [2.24, 2.45) is 5.92 Å². The maximum atomic E-state index is 13.8. The van der Waals surface area contributed by atoms with Crippen LogP contribution in [0.3, 0.4) is 0 Å². The highest BCUT2D eigenvalue weighted by molar-refractivity contribution is 5.97. The monoisotopic (exact) mass is 352 g/mol. The molecule has 6 heteroatoms. The molecule has 1 aliphatic carbocycles. The van der Waals surface area contributed by atoms with Gasteiger partial charge in [0.25, 0.3) is 0 Å². The molecule has 1 fully saturated rings. The molecule has 134 valence electrons. The molecule has 1 N–H and O–H groups in total. The SMILES string of the molecule is Cc1cnc2c(-c3cccc(F)c3)c(NC(=O)CC3CCCC3)nn2c1. The number of nitrogens with one attached hydrogen (secondary N) is 1. The number of hydrogen-bond acceptors (Lipinski definition) is 3. The minimum atomic E-state index is -0.336. The van der Waals surface area contributed by atoms with Crippen molar-refractivity contribution in [1.29, 1.82) is 0 Å². The summed E-state index contributed by atoms with van der Waals surface area (Å²) in [5, 5.41) is 7.42. The first-order valence-corrected chi connectivity index (χ1v) is 9.01. The number of nitrogens with zero attached hydrogens (tertiary/aromatic N) is 3. The summed E-state index contributed by atoms with van der Waals surface area (Å²) in [6.07, 6.45) is 8.70. The predicted octanol–water partition coefficient (Wildman–Crippen LogP) is 4.36. The van der Waals surface area contributed by atoms with E-state index in [1.165, 1.54) is 25.0 Å². The van der Waals surface area contributed by atoms with Gasteiger partial charge in [0.15, 0.2) is 11.5 Å². The standard InChI is InChI=1S/C20H21FN4O/c1-13-11-22-20-18(15-7-4-8-16(21)10-15)19(24-25(20)12-13)23-17(26)9-14-5-2-3-6-14/h4,7-8,10-12,14H,2-3,5-6,9H2,1H3,(H,23,24,26). The fourth-order valence-electron chi connectivity index (χ4n) is 3.69. The van der Waals surface area contributed by atoms with Gasteiger partial charge in [-0.25, -0.2) is 13.9 Å². The third-order valence-corrected chi connectivity index (χ3v) is 4.92. The van der Waals surface area contributed by atoms with Crippen molar-refractivity contribution < 1.29 is 9.18 Å². The van der Waals surface area contributed by atoms with Gasteiger partial charge < -0.3 is 5.32 Å². The van der Waals surface area contributed by atoms with Gasteiger partial charge in [-0.1, -0.05) is 25.0 Å². The second-order valence-corrected chi connectivity index (χ2v) is 7.04. The van der Waals surface area contributed by atoms with E-state index < -0.39 is 0 Å². The lowest BCUT2D eigenvalue weighted by Crippen LogP contribution is -2.16. The average molecular weight is 352 g/mol. The first-order chi connectivity index (χ1) is 12.6. The Morgan fingerprint density at radius 3 is 2.92 bits per heavy atom. The van der Waals surface area contributed by atoms with Crippen LogP contribution in [0.25, 0.3) is 16.8 Å². The number of hydrogen-bond donors (Lipinski definition) is 1. The summed E-state index contributed by atoms with van der Waals surface area (Å²) in [7, 11) is 0. The molecule has 5 nitrogen and oxygen atoms in total. The minimum absolute atomic E-state index is 0.0466. The third kappa shape index (κ3) is 3.31. The van der Waals surface area contributed by atoms with Crippen LogP contribution < -0.4 is 5.32 Å². The number of benzene rings is 1. The van der Waals surface area contributed by atoms with E-state index in [-0.39, 0.29) is 11.7 Å². The predicted molar refractivity (Wildman–Crippen MR) is 98.3 cm³/mol. The Bertz CT molecular complexity index is 960. The van der Waals surface area contributed by atoms with Crippen molar-refractivity contribution in [3.63, 3.8) is 0 Å². The molecule has 1 aliphatic rings. The Morgan fingerprint density at radius 1 is 1.35 bits per heavy atom. The zero-order chi connectivity index (χ0) is 18.1. The summed E-state index contributed by atoms with van der Waals surface area (Å²) >= 11 is 0. The third-order valence-electron chi connectivity index (χ3n) is 4.92. The number of aromatic nitrogens is 3. The topological polar surface area (TPSA) is 59.3 Å². The lowest BCUT2D eigenvalue weighted by molar-refractivity contribution is -0.117. The van der Waals surface area contributed by atoms with E-state index in [4.69, 9.17) is 0 Å². The van der Waals surface area contributed by atoms with Crippen LogP contribution in [0.2, 0.25) is 0 Å². The summed E-state index contributed by atoms with van der Waals surface area (Å²) in [6, 6.07) is 6.27. The molecule has 0 saturated heterocycles. The molecule has 2 heterocycles. The molecule has 1 amide bonds. The molecule has 0 bridgehead atoms. The molecule has 0 aliphatic heterocycles. The van der Waals surface area contributed by atoms with Crippen LogP contribution in [0.4, 0.5) is 10.2 Å². The van der Waals surface area contributed by atoms with Gasteiger partial charge in [-0.15, -0.1) is 5.10 Å². The fourth-order valence-corrected chi connectivity index (χ4v) is 3.69. The molecule has 2 aromatic heterocycles. The van der Waals surface area contributed by atoms with E-state index in [1.54, 1.807) is 22.8 Å². The molecule has 3 aromatic rings. The molecular formula is C20H21FN4O. The van der Waals surface area contributed by atoms with Crippen LogP contribution >= 0.6 is 0 Å². The molecule has 0 radical (unpaired) electrons. The van der Waals surface area contributed by atoms with Crippen molar-refractivity contribution >= 4 is 17.4 Å². The van der Waals surface area contributed by atoms with Crippen molar-refractivity contribution in [1.82, 2.24) is 14.6 Å². The van der Waals surface area contributed by atoms with Crippen LogP contribution in [0, 0.1) is 18.7 Å². The summed E-state index contributed by atoms with van der Waals surface area (Å²) in [4.78, 5) is 17.0. The average Bonchev–Trinajstić information content (AvgIpc) is 3.21.